The zero-order valence-corrected chi connectivity index (χ0v) is 14.1. The van der Waals surface area contributed by atoms with E-state index in [0.717, 1.165) is 12.3 Å². The SMILES string of the molecule is Cn1cnc(C(=O)N2CC3CN(c4ccc(C(F)(F)F)cn4)CC3C2)c1. The first-order valence-electron chi connectivity index (χ1n) is 8.36. The maximum atomic E-state index is 12.6. The summed E-state index contributed by atoms with van der Waals surface area (Å²) in [5.41, 5.74) is -0.304. The van der Waals surface area contributed by atoms with Crippen LogP contribution in [-0.4, -0.2) is 51.5 Å². The summed E-state index contributed by atoms with van der Waals surface area (Å²) in [6.45, 7) is 2.65. The lowest BCUT2D eigenvalue weighted by Gasteiger charge is -2.22. The van der Waals surface area contributed by atoms with Crippen LogP contribution in [0.2, 0.25) is 0 Å². The average Bonchev–Trinajstić information content (AvgIpc) is 3.27. The largest absolute Gasteiger partial charge is 0.417 e. The summed E-state index contributed by atoms with van der Waals surface area (Å²) in [7, 11) is 1.82. The number of nitrogens with zero attached hydrogens (tertiary/aromatic N) is 5. The number of carbonyl (C=O) groups excluding carboxylic acids is 1. The van der Waals surface area contributed by atoms with Crippen LogP contribution in [-0.2, 0) is 13.2 Å². The van der Waals surface area contributed by atoms with Crippen molar-refractivity contribution in [1.29, 1.82) is 0 Å². The summed E-state index contributed by atoms with van der Waals surface area (Å²) < 4.78 is 39.7. The van der Waals surface area contributed by atoms with Crippen molar-refractivity contribution in [1.82, 2.24) is 19.4 Å². The second kappa shape index (κ2) is 6.00. The molecule has 0 N–H and O–H groups in total. The minimum Gasteiger partial charge on any atom is -0.356 e. The van der Waals surface area contributed by atoms with E-state index in [1.54, 1.807) is 17.1 Å². The van der Waals surface area contributed by atoms with Crippen LogP contribution in [0, 0.1) is 11.8 Å². The van der Waals surface area contributed by atoms with Crippen molar-refractivity contribution in [2.75, 3.05) is 31.1 Å². The molecule has 0 radical (unpaired) electrons. The van der Waals surface area contributed by atoms with Crippen molar-refractivity contribution in [2.45, 2.75) is 6.18 Å². The van der Waals surface area contributed by atoms with E-state index in [4.69, 9.17) is 0 Å². The van der Waals surface area contributed by atoms with Crippen LogP contribution < -0.4 is 4.90 Å². The summed E-state index contributed by atoms with van der Waals surface area (Å²) in [6.07, 6.45) is -0.198. The molecule has 2 unspecified atom stereocenters. The van der Waals surface area contributed by atoms with Crippen molar-refractivity contribution in [3.05, 3.63) is 42.1 Å². The molecule has 6 nitrogen and oxygen atoms in total. The fourth-order valence-electron chi connectivity index (χ4n) is 3.77. The van der Waals surface area contributed by atoms with Gasteiger partial charge in [0.25, 0.3) is 5.91 Å². The predicted octanol–water partition coefficient (Wildman–Crippen LogP) is 2.04. The van der Waals surface area contributed by atoms with Crippen molar-refractivity contribution in [3.8, 4) is 0 Å². The van der Waals surface area contributed by atoms with Crippen LogP contribution in [0.5, 0.6) is 0 Å². The van der Waals surface area contributed by atoms with Crippen LogP contribution in [0.1, 0.15) is 16.1 Å². The van der Waals surface area contributed by atoms with Gasteiger partial charge in [0, 0.05) is 57.5 Å². The highest BCUT2D eigenvalue weighted by atomic mass is 19.4. The Balaban J connectivity index is 1.40. The molecule has 2 aromatic rings. The molecular weight excluding hydrogens is 347 g/mol. The minimum atomic E-state index is -4.38. The van der Waals surface area contributed by atoms with Gasteiger partial charge in [0.1, 0.15) is 11.5 Å². The number of amides is 1. The van der Waals surface area contributed by atoms with Gasteiger partial charge in [-0.25, -0.2) is 9.97 Å². The Labute approximate surface area is 148 Å². The molecule has 2 aliphatic rings. The molecule has 0 saturated carbocycles. The van der Waals surface area contributed by atoms with E-state index >= 15 is 0 Å². The molecule has 138 valence electrons. The van der Waals surface area contributed by atoms with Gasteiger partial charge in [0.2, 0.25) is 0 Å². The van der Waals surface area contributed by atoms with Gasteiger partial charge in [-0.2, -0.15) is 13.2 Å². The fourth-order valence-corrected chi connectivity index (χ4v) is 3.77. The van der Waals surface area contributed by atoms with Crippen LogP contribution in [0.25, 0.3) is 0 Å². The van der Waals surface area contributed by atoms with Gasteiger partial charge >= 0.3 is 6.18 Å². The van der Waals surface area contributed by atoms with Gasteiger partial charge in [-0.3, -0.25) is 4.79 Å². The van der Waals surface area contributed by atoms with E-state index in [1.807, 2.05) is 16.8 Å². The Bertz CT molecular complexity index is 803. The lowest BCUT2D eigenvalue weighted by Crippen LogP contribution is -2.33. The van der Waals surface area contributed by atoms with E-state index < -0.39 is 11.7 Å². The first-order chi connectivity index (χ1) is 12.3. The second-order valence-electron chi connectivity index (χ2n) is 6.96. The molecule has 2 atom stereocenters. The standard InChI is InChI=1S/C17H18F3N5O/c1-23-9-14(22-10-23)16(26)25-7-11-5-24(6-12(11)8-25)15-3-2-13(4-21-15)17(18,19)20/h2-4,9-12H,5-8H2,1H3. The lowest BCUT2D eigenvalue weighted by molar-refractivity contribution is -0.137. The number of fused-ring (bicyclic) bond motifs is 1. The molecule has 2 saturated heterocycles. The molecule has 4 heterocycles. The summed E-state index contributed by atoms with van der Waals surface area (Å²) in [5, 5.41) is 0. The van der Waals surface area contributed by atoms with Crippen molar-refractivity contribution < 1.29 is 18.0 Å². The Morgan fingerprint density at radius 2 is 1.81 bits per heavy atom. The van der Waals surface area contributed by atoms with Crippen molar-refractivity contribution in [3.63, 3.8) is 0 Å². The van der Waals surface area contributed by atoms with Crippen LogP contribution in [0.15, 0.2) is 30.9 Å². The molecule has 2 aromatic heterocycles. The molecule has 0 spiro atoms. The first kappa shape index (κ1) is 16.9. The number of imidazole rings is 1. The number of aromatic nitrogens is 3. The van der Waals surface area contributed by atoms with Gasteiger partial charge in [-0.15, -0.1) is 0 Å². The zero-order chi connectivity index (χ0) is 18.5. The molecule has 0 bridgehead atoms. The third-order valence-electron chi connectivity index (χ3n) is 5.10. The molecule has 26 heavy (non-hydrogen) atoms. The van der Waals surface area contributed by atoms with E-state index in [-0.39, 0.29) is 5.91 Å². The smallest absolute Gasteiger partial charge is 0.356 e. The van der Waals surface area contributed by atoms with Crippen molar-refractivity contribution in [2.24, 2.45) is 18.9 Å². The number of halogens is 3. The second-order valence-corrected chi connectivity index (χ2v) is 6.96. The molecule has 2 fully saturated rings. The van der Waals surface area contributed by atoms with E-state index in [0.29, 0.717) is 49.5 Å². The van der Waals surface area contributed by atoms with Gasteiger partial charge in [-0.05, 0) is 12.1 Å². The number of carbonyl (C=O) groups is 1. The number of anilines is 1. The van der Waals surface area contributed by atoms with Gasteiger partial charge < -0.3 is 14.4 Å². The van der Waals surface area contributed by atoms with Gasteiger partial charge in [0.15, 0.2) is 0 Å². The Morgan fingerprint density at radius 1 is 1.12 bits per heavy atom. The van der Waals surface area contributed by atoms with Crippen LogP contribution in [0.4, 0.5) is 19.0 Å². The van der Waals surface area contributed by atoms with E-state index in [9.17, 15) is 18.0 Å². The predicted molar refractivity (Wildman–Crippen MR) is 87.5 cm³/mol. The molecule has 0 aromatic carbocycles. The summed E-state index contributed by atoms with van der Waals surface area (Å²) in [4.78, 5) is 24.4. The number of hydrogen-bond donors (Lipinski definition) is 0. The summed E-state index contributed by atoms with van der Waals surface area (Å²) in [6, 6.07) is 2.48. The molecule has 4 rings (SSSR count). The minimum absolute atomic E-state index is 0.0702. The van der Waals surface area contributed by atoms with Crippen LogP contribution >= 0.6 is 0 Å². The number of likely N-dealkylation sites (tertiary alicyclic amines) is 1. The van der Waals surface area contributed by atoms with E-state index in [2.05, 4.69) is 9.97 Å². The Kier molecular flexibility index (Phi) is 3.89. The highest BCUT2D eigenvalue weighted by molar-refractivity contribution is 5.92. The normalized spacial score (nSPS) is 22.8. The summed E-state index contributed by atoms with van der Waals surface area (Å²) >= 11 is 0. The molecule has 0 aliphatic carbocycles. The number of rotatable bonds is 2. The highest BCUT2D eigenvalue weighted by Gasteiger charge is 2.42. The number of hydrogen-bond acceptors (Lipinski definition) is 4. The fraction of sp³-hybridized carbons (Fsp3) is 0.471. The molecule has 2 aliphatic heterocycles. The van der Waals surface area contributed by atoms with E-state index in [1.165, 1.54) is 6.07 Å². The third kappa shape index (κ3) is 3.02. The lowest BCUT2D eigenvalue weighted by atomic mass is 10.0. The Hall–Kier alpha value is -2.58. The molecule has 1 amide bonds. The first-order valence-corrected chi connectivity index (χ1v) is 8.36. The molecular formula is C17H18F3N5O. The van der Waals surface area contributed by atoms with Crippen LogP contribution in [0.3, 0.4) is 0 Å². The van der Waals surface area contributed by atoms with Gasteiger partial charge in [-0.1, -0.05) is 0 Å². The zero-order valence-electron chi connectivity index (χ0n) is 14.1. The quantitative estimate of drug-likeness (QED) is 0.817. The topological polar surface area (TPSA) is 54.3 Å². The summed E-state index contributed by atoms with van der Waals surface area (Å²) in [5.74, 6) is 1.08. The molecule has 9 heteroatoms. The maximum Gasteiger partial charge on any atom is 0.417 e. The van der Waals surface area contributed by atoms with Crippen molar-refractivity contribution >= 4 is 11.7 Å². The monoisotopic (exact) mass is 365 g/mol. The van der Waals surface area contributed by atoms with Gasteiger partial charge in [0.05, 0.1) is 11.9 Å². The average molecular weight is 365 g/mol. The third-order valence-corrected chi connectivity index (χ3v) is 5.10. The number of alkyl halides is 3. The maximum absolute atomic E-state index is 12.6. The highest BCUT2D eigenvalue weighted by Crippen LogP contribution is 2.35. The number of aryl methyl sites for hydroxylation is 1. The number of pyridine rings is 1. The Morgan fingerprint density at radius 3 is 2.31 bits per heavy atom.